The average molecular weight is 250 g/mol. The molecule has 17 heavy (non-hydrogen) atoms. The molecule has 0 radical (unpaired) electrons. The lowest BCUT2D eigenvalue weighted by molar-refractivity contribution is 0.170. The van der Waals surface area contributed by atoms with Crippen LogP contribution in [0.3, 0.4) is 0 Å². The van der Waals surface area contributed by atoms with E-state index in [1.165, 1.54) is 44.2 Å². The zero-order chi connectivity index (χ0) is 11.7. The molecule has 1 nitrogen and oxygen atoms in total. The van der Waals surface area contributed by atoms with E-state index in [1.54, 1.807) is 0 Å². The van der Waals surface area contributed by atoms with Crippen molar-refractivity contribution in [2.75, 3.05) is 6.54 Å². The minimum Gasteiger partial charge on any atom is -0.314 e. The van der Waals surface area contributed by atoms with Crippen molar-refractivity contribution in [3.8, 4) is 0 Å². The molecule has 2 atom stereocenters. The monoisotopic (exact) mass is 249 g/mol. The van der Waals surface area contributed by atoms with Crippen molar-refractivity contribution in [2.45, 2.75) is 38.1 Å². The van der Waals surface area contributed by atoms with Crippen LogP contribution in [0.25, 0.3) is 0 Å². The molecule has 3 rings (SSSR count). The molecular weight excluding hydrogens is 230 g/mol. The van der Waals surface area contributed by atoms with Crippen molar-refractivity contribution in [3.05, 3.63) is 34.9 Å². The van der Waals surface area contributed by atoms with E-state index >= 15 is 0 Å². The van der Waals surface area contributed by atoms with Crippen LogP contribution in [0, 0.1) is 11.8 Å². The molecule has 2 heteroatoms. The topological polar surface area (TPSA) is 12.0 Å². The molecule has 0 aliphatic heterocycles. The van der Waals surface area contributed by atoms with Crippen molar-refractivity contribution in [1.29, 1.82) is 0 Å². The number of halogens is 1. The standard InChI is InChI=1S/C15H20ClN/c16-14-5-1-11(2-6-14)9-12-3-4-13(12)10-17-15-7-8-15/h1-2,5-6,12-13,15,17H,3-4,7-10H2. The quantitative estimate of drug-likeness (QED) is 0.840. The van der Waals surface area contributed by atoms with Gasteiger partial charge < -0.3 is 5.32 Å². The van der Waals surface area contributed by atoms with Gasteiger partial charge in [-0.15, -0.1) is 0 Å². The van der Waals surface area contributed by atoms with Crippen LogP contribution in [0.5, 0.6) is 0 Å². The molecule has 0 spiro atoms. The molecule has 1 N–H and O–H groups in total. The van der Waals surface area contributed by atoms with Crippen LogP contribution in [0.1, 0.15) is 31.2 Å². The average Bonchev–Trinajstić information content (AvgIpc) is 3.11. The summed E-state index contributed by atoms with van der Waals surface area (Å²) in [6, 6.07) is 9.21. The van der Waals surface area contributed by atoms with Crippen LogP contribution in [-0.4, -0.2) is 12.6 Å². The van der Waals surface area contributed by atoms with Gasteiger partial charge in [0, 0.05) is 11.1 Å². The molecular formula is C15H20ClN. The van der Waals surface area contributed by atoms with Crippen molar-refractivity contribution < 1.29 is 0 Å². The molecule has 2 unspecified atom stereocenters. The lowest BCUT2D eigenvalue weighted by atomic mass is 9.70. The molecule has 2 fully saturated rings. The highest BCUT2D eigenvalue weighted by molar-refractivity contribution is 6.30. The third-order valence-electron chi connectivity index (χ3n) is 4.23. The predicted molar refractivity (Wildman–Crippen MR) is 72.4 cm³/mol. The molecule has 2 aliphatic rings. The third-order valence-corrected chi connectivity index (χ3v) is 4.48. The van der Waals surface area contributed by atoms with Gasteiger partial charge in [-0.3, -0.25) is 0 Å². The van der Waals surface area contributed by atoms with E-state index in [0.29, 0.717) is 0 Å². The van der Waals surface area contributed by atoms with E-state index in [4.69, 9.17) is 11.6 Å². The zero-order valence-electron chi connectivity index (χ0n) is 10.2. The largest absolute Gasteiger partial charge is 0.314 e. The van der Waals surface area contributed by atoms with E-state index < -0.39 is 0 Å². The van der Waals surface area contributed by atoms with Gasteiger partial charge in [-0.2, -0.15) is 0 Å². The number of nitrogens with one attached hydrogen (secondary N) is 1. The fraction of sp³-hybridized carbons (Fsp3) is 0.600. The van der Waals surface area contributed by atoms with E-state index in [1.807, 2.05) is 12.1 Å². The van der Waals surface area contributed by atoms with Gasteiger partial charge in [-0.25, -0.2) is 0 Å². The lowest BCUT2D eigenvalue weighted by Crippen LogP contribution is -2.37. The zero-order valence-corrected chi connectivity index (χ0v) is 10.9. The van der Waals surface area contributed by atoms with Crippen molar-refractivity contribution in [1.82, 2.24) is 5.32 Å². The Morgan fingerprint density at radius 3 is 2.29 bits per heavy atom. The molecule has 1 aromatic rings. The second-order valence-electron chi connectivity index (χ2n) is 5.61. The van der Waals surface area contributed by atoms with Gasteiger partial charge in [0.15, 0.2) is 0 Å². The summed E-state index contributed by atoms with van der Waals surface area (Å²) in [5.41, 5.74) is 1.44. The molecule has 2 aliphatic carbocycles. The maximum Gasteiger partial charge on any atom is 0.0406 e. The summed E-state index contributed by atoms with van der Waals surface area (Å²) in [5, 5.41) is 4.50. The molecule has 0 amide bonds. The Labute approximate surface area is 109 Å². The smallest absolute Gasteiger partial charge is 0.0406 e. The summed E-state index contributed by atoms with van der Waals surface area (Å²) in [4.78, 5) is 0. The summed E-state index contributed by atoms with van der Waals surface area (Å²) in [6.45, 7) is 1.24. The Kier molecular flexibility index (Phi) is 3.39. The Bertz CT molecular complexity index is 369. The first-order chi connectivity index (χ1) is 8.31. The normalized spacial score (nSPS) is 27.8. The van der Waals surface area contributed by atoms with Gasteiger partial charge in [-0.1, -0.05) is 23.7 Å². The minimum atomic E-state index is 0.842. The molecule has 92 valence electrons. The first kappa shape index (κ1) is 11.6. The van der Waals surface area contributed by atoms with Crippen LogP contribution >= 0.6 is 11.6 Å². The summed E-state index contributed by atoms with van der Waals surface area (Å²) in [6.07, 6.45) is 6.84. The molecule has 0 heterocycles. The van der Waals surface area contributed by atoms with Gasteiger partial charge in [0.2, 0.25) is 0 Å². The maximum absolute atomic E-state index is 5.91. The van der Waals surface area contributed by atoms with E-state index in [2.05, 4.69) is 17.4 Å². The third kappa shape index (κ3) is 3.02. The highest BCUT2D eigenvalue weighted by Crippen LogP contribution is 2.37. The predicted octanol–water partition coefficient (Wildman–Crippen LogP) is 3.66. The molecule has 0 aromatic heterocycles. The van der Waals surface area contributed by atoms with E-state index in [9.17, 15) is 0 Å². The van der Waals surface area contributed by atoms with Crippen LogP contribution in [0.15, 0.2) is 24.3 Å². The summed E-state index contributed by atoms with van der Waals surface area (Å²) in [5.74, 6) is 1.80. The van der Waals surface area contributed by atoms with Crippen LogP contribution in [0.4, 0.5) is 0 Å². The molecule has 0 saturated heterocycles. The maximum atomic E-state index is 5.91. The Hall–Kier alpha value is -0.530. The fourth-order valence-corrected chi connectivity index (χ4v) is 2.83. The minimum absolute atomic E-state index is 0.842. The van der Waals surface area contributed by atoms with Gasteiger partial charge in [-0.05, 0) is 68.2 Å². The van der Waals surface area contributed by atoms with Gasteiger partial charge in [0.25, 0.3) is 0 Å². The number of hydrogen-bond acceptors (Lipinski definition) is 1. The van der Waals surface area contributed by atoms with E-state index in [0.717, 1.165) is 22.9 Å². The van der Waals surface area contributed by atoms with Crippen molar-refractivity contribution in [3.63, 3.8) is 0 Å². The fourth-order valence-electron chi connectivity index (χ4n) is 2.70. The number of benzene rings is 1. The molecule has 0 bridgehead atoms. The highest BCUT2D eigenvalue weighted by Gasteiger charge is 2.32. The molecule has 2 saturated carbocycles. The van der Waals surface area contributed by atoms with Crippen molar-refractivity contribution >= 4 is 11.6 Å². The highest BCUT2D eigenvalue weighted by atomic mass is 35.5. The summed E-state index contributed by atoms with van der Waals surface area (Å²) < 4.78 is 0. The lowest BCUT2D eigenvalue weighted by Gasteiger charge is -2.37. The second kappa shape index (κ2) is 4.99. The van der Waals surface area contributed by atoms with Gasteiger partial charge >= 0.3 is 0 Å². The van der Waals surface area contributed by atoms with Gasteiger partial charge in [0.1, 0.15) is 0 Å². The Morgan fingerprint density at radius 1 is 1.00 bits per heavy atom. The van der Waals surface area contributed by atoms with E-state index in [-0.39, 0.29) is 0 Å². The first-order valence-corrected chi connectivity index (χ1v) is 7.17. The molecule has 1 aromatic carbocycles. The summed E-state index contributed by atoms with van der Waals surface area (Å²) >= 11 is 5.91. The Morgan fingerprint density at radius 2 is 1.71 bits per heavy atom. The van der Waals surface area contributed by atoms with Crippen LogP contribution < -0.4 is 5.32 Å². The summed E-state index contributed by atoms with van der Waals surface area (Å²) in [7, 11) is 0. The number of hydrogen-bond donors (Lipinski definition) is 1. The first-order valence-electron chi connectivity index (χ1n) is 6.79. The number of rotatable bonds is 5. The Balaban J connectivity index is 1.49. The van der Waals surface area contributed by atoms with Crippen LogP contribution in [0.2, 0.25) is 5.02 Å². The van der Waals surface area contributed by atoms with Crippen molar-refractivity contribution in [2.24, 2.45) is 11.8 Å². The van der Waals surface area contributed by atoms with Crippen LogP contribution in [-0.2, 0) is 6.42 Å². The second-order valence-corrected chi connectivity index (χ2v) is 6.05. The SMILES string of the molecule is Clc1ccc(CC2CCC2CNC2CC2)cc1. The van der Waals surface area contributed by atoms with Gasteiger partial charge in [0.05, 0.1) is 0 Å².